The first-order valence-electron chi connectivity index (χ1n) is 8.11. The highest BCUT2D eigenvalue weighted by atomic mass is 35.5. The molecule has 27 heavy (non-hydrogen) atoms. The Kier molecular flexibility index (Phi) is 11.0. The molecule has 0 aromatic heterocycles. The van der Waals surface area contributed by atoms with E-state index < -0.39 is 24.7 Å². The zero-order valence-electron chi connectivity index (χ0n) is 15.1. The maximum Gasteiger partial charge on any atom is 0.411 e. The van der Waals surface area contributed by atoms with E-state index in [2.05, 4.69) is 15.4 Å². The van der Waals surface area contributed by atoms with Crippen LogP contribution >= 0.6 is 12.4 Å². The Morgan fingerprint density at radius 2 is 1.67 bits per heavy atom. The van der Waals surface area contributed by atoms with E-state index in [1.807, 2.05) is 13.8 Å². The van der Waals surface area contributed by atoms with E-state index >= 15 is 0 Å². The maximum absolute atomic E-state index is 12.0. The topological polar surface area (TPSA) is 93.5 Å². The Bertz CT molecular complexity index is 595. The molecule has 0 unspecified atom stereocenters. The van der Waals surface area contributed by atoms with Crippen molar-refractivity contribution in [3.63, 3.8) is 0 Å². The second-order valence-electron chi connectivity index (χ2n) is 6.19. The molecule has 4 N–H and O–H groups in total. The van der Waals surface area contributed by atoms with E-state index in [1.165, 1.54) is 0 Å². The lowest BCUT2D eigenvalue weighted by Crippen LogP contribution is -2.47. The van der Waals surface area contributed by atoms with Gasteiger partial charge in [0.15, 0.2) is 0 Å². The molecule has 0 saturated heterocycles. The summed E-state index contributed by atoms with van der Waals surface area (Å²) in [5.41, 5.74) is 7.03. The predicted molar refractivity (Wildman–Crippen MR) is 97.1 cm³/mol. The summed E-state index contributed by atoms with van der Waals surface area (Å²) in [6.45, 7) is 2.23. The number of carbonyl (C=O) groups is 2. The van der Waals surface area contributed by atoms with Crippen LogP contribution in [0.5, 0.6) is 0 Å². The molecular formula is C17H25ClF3N3O3. The second kappa shape index (κ2) is 11.8. The van der Waals surface area contributed by atoms with Crippen molar-refractivity contribution in [2.75, 3.05) is 13.2 Å². The van der Waals surface area contributed by atoms with E-state index in [9.17, 15) is 22.8 Å². The van der Waals surface area contributed by atoms with Gasteiger partial charge in [-0.25, -0.2) is 0 Å². The summed E-state index contributed by atoms with van der Waals surface area (Å²) >= 11 is 0. The van der Waals surface area contributed by atoms with Crippen molar-refractivity contribution in [2.24, 2.45) is 11.7 Å². The number of rotatable bonds is 9. The molecule has 0 fully saturated rings. The fraction of sp³-hybridized carbons (Fsp3) is 0.529. The number of halogens is 4. The van der Waals surface area contributed by atoms with Crippen molar-refractivity contribution in [2.45, 2.75) is 39.2 Å². The number of nitrogens with one attached hydrogen (secondary N) is 2. The average molecular weight is 412 g/mol. The fourth-order valence-corrected chi connectivity index (χ4v) is 1.89. The summed E-state index contributed by atoms with van der Waals surface area (Å²) in [4.78, 5) is 23.4. The molecule has 154 valence electrons. The molecule has 0 bridgehead atoms. The van der Waals surface area contributed by atoms with Gasteiger partial charge in [-0.3, -0.25) is 9.59 Å². The molecule has 0 aliphatic carbocycles. The maximum atomic E-state index is 12.0. The Morgan fingerprint density at radius 1 is 1.11 bits per heavy atom. The van der Waals surface area contributed by atoms with Crippen LogP contribution in [0.25, 0.3) is 0 Å². The highest BCUT2D eigenvalue weighted by Crippen LogP contribution is 2.15. The highest BCUT2D eigenvalue weighted by molar-refractivity contribution is 5.87. The van der Waals surface area contributed by atoms with Crippen molar-refractivity contribution in [3.05, 3.63) is 35.4 Å². The minimum absolute atomic E-state index is 0. The molecular weight excluding hydrogens is 387 g/mol. The smallest absolute Gasteiger partial charge is 0.367 e. The third kappa shape index (κ3) is 10.8. The van der Waals surface area contributed by atoms with E-state index in [0.29, 0.717) is 5.56 Å². The molecule has 0 saturated carbocycles. The average Bonchev–Trinajstić information content (AvgIpc) is 2.57. The summed E-state index contributed by atoms with van der Waals surface area (Å²) in [6, 6.07) is 5.94. The minimum atomic E-state index is -4.35. The van der Waals surface area contributed by atoms with Crippen molar-refractivity contribution < 1.29 is 27.5 Å². The predicted octanol–water partition coefficient (Wildman–Crippen LogP) is 1.90. The zero-order chi connectivity index (χ0) is 19.7. The van der Waals surface area contributed by atoms with Gasteiger partial charge in [-0.15, -0.1) is 12.4 Å². The Hall–Kier alpha value is -1.84. The van der Waals surface area contributed by atoms with Gasteiger partial charge in [0.25, 0.3) is 0 Å². The lowest BCUT2D eigenvalue weighted by molar-refractivity contribution is -0.176. The largest absolute Gasteiger partial charge is 0.411 e. The van der Waals surface area contributed by atoms with Gasteiger partial charge in [0, 0.05) is 6.54 Å². The first kappa shape index (κ1) is 25.2. The molecule has 1 aromatic carbocycles. The number of ether oxygens (including phenoxy) is 1. The molecule has 2 amide bonds. The monoisotopic (exact) mass is 411 g/mol. The number of hydrogen-bond donors (Lipinski definition) is 3. The number of hydrogen-bond acceptors (Lipinski definition) is 4. The molecule has 0 spiro atoms. The summed E-state index contributed by atoms with van der Waals surface area (Å²) in [5.74, 6) is -0.790. The normalized spacial score (nSPS) is 12.3. The van der Waals surface area contributed by atoms with Crippen molar-refractivity contribution in [3.8, 4) is 0 Å². The number of benzene rings is 1. The first-order valence-corrected chi connectivity index (χ1v) is 8.11. The second-order valence-corrected chi connectivity index (χ2v) is 6.19. The molecule has 0 heterocycles. The molecule has 0 aliphatic rings. The summed E-state index contributed by atoms with van der Waals surface area (Å²) in [6.07, 6.45) is -4.35. The van der Waals surface area contributed by atoms with Gasteiger partial charge in [-0.2, -0.15) is 13.2 Å². The fourth-order valence-electron chi connectivity index (χ4n) is 1.89. The highest BCUT2D eigenvalue weighted by Gasteiger charge is 2.27. The lowest BCUT2D eigenvalue weighted by Gasteiger charge is -2.15. The molecule has 0 aliphatic heterocycles. The van der Waals surface area contributed by atoms with Crippen molar-refractivity contribution >= 4 is 24.2 Å². The summed E-state index contributed by atoms with van der Waals surface area (Å²) in [5, 5.41) is 5.09. The van der Waals surface area contributed by atoms with Crippen molar-refractivity contribution in [1.82, 2.24) is 10.6 Å². The quantitative estimate of drug-likeness (QED) is 0.578. The molecule has 10 heteroatoms. The van der Waals surface area contributed by atoms with Gasteiger partial charge >= 0.3 is 6.18 Å². The van der Waals surface area contributed by atoms with E-state index in [-0.39, 0.29) is 43.9 Å². The van der Waals surface area contributed by atoms with E-state index in [0.717, 1.165) is 5.56 Å². The third-order valence-corrected chi connectivity index (χ3v) is 3.49. The van der Waals surface area contributed by atoms with Gasteiger partial charge in [-0.05, 0) is 17.0 Å². The van der Waals surface area contributed by atoms with Gasteiger partial charge in [-0.1, -0.05) is 38.1 Å². The zero-order valence-corrected chi connectivity index (χ0v) is 16.0. The number of nitrogens with two attached hydrogens (primary N) is 1. The Morgan fingerprint density at radius 3 is 2.19 bits per heavy atom. The standard InChI is InChI=1S/C17H24F3N3O3.ClH/c1-11(2)15(21)16(25)23-8-14(24)22-7-12-3-5-13(6-4-12)9-26-10-17(18,19)20;/h3-6,11,15H,7-10,21H2,1-2H3,(H,22,24)(H,23,25);1H/t15-;/m0./s1. The molecule has 1 atom stereocenters. The number of alkyl halides is 3. The van der Waals surface area contributed by atoms with Crippen LogP contribution in [-0.2, 0) is 27.5 Å². The van der Waals surface area contributed by atoms with Crippen molar-refractivity contribution in [1.29, 1.82) is 0 Å². The molecule has 1 aromatic rings. The van der Waals surface area contributed by atoms with Crippen LogP contribution in [0.4, 0.5) is 13.2 Å². The van der Waals surface area contributed by atoms with Gasteiger partial charge < -0.3 is 21.1 Å². The molecule has 1 rings (SSSR count). The van der Waals surface area contributed by atoms with Crippen LogP contribution in [0.2, 0.25) is 0 Å². The number of amides is 2. The van der Waals surface area contributed by atoms with Gasteiger partial charge in [0.05, 0.1) is 19.2 Å². The number of carbonyl (C=O) groups excluding carboxylic acids is 2. The lowest BCUT2D eigenvalue weighted by atomic mass is 10.1. The van der Waals surface area contributed by atoms with Gasteiger partial charge in [0.2, 0.25) is 11.8 Å². The van der Waals surface area contributed by atoms with Crippen LogP contribution < -0.4 is 16.4 Å². The SMILES string of the molecule is CC(C)[C@H](N)C(=O)NCC(=O)NCc1ccc(COCC(F)(F)F)cc1.Cl. The van der Waals surface area contributed by atoms with Crippen LogP contribution in [-0.4, -0.2) is 37.2 Å². The van der Waals surface area contributed by atoms with E-state index in [1.54, 1.807) is 24.3 Å². The molecule has 0 radical (unpaired) electrons. The Balaban J connectivity index is 0.00000676. The first-order chi connectivity index (χ1) is 12.1. The third-order valence-electron chi connectivity index (χ3n) is 3.49. The summed E-state index contributed by atoms with van der Waals surface area (Å²) in [7, 11) is 0. The van der Waals surface area contributed by atoms with E-state index in [4.69, 9.17) is 5.73 Å². The van der Waals surface area contributed by atoms with Crippen LogP contribution in [0, 0.1) is 5.92 Å². The summed E-state index contributed by atoms with van der Waals surface area (Å²) < 4.78 is 40.6. The Labute approximate surface area is 162 Å². The molecule has 6 nitrogen and oxygen atoms in total. The van der Waals surface area contributed by atoms with Crippen LogP contribution in [0.1, 0.15) is 25.0 Å². The van der Waals surface area contributed by atoms with Gasteiger partial charge in [0.1, 0.15) is 6.61 Å². The van der Waals surface area contributed by atoms with Crippen LogP contribution in [0.15, 0.2) is 24.3 Å². The minimum Gasteiger partial charge on any atom is -0.367 e. The van der Waals surface area contributed by atoms with Crippen LogP contribution in [0.3, 0.4) is 0 Å².